The zero-order valence-electron chi connectivity index (χ0n) is 40.8. The second kappa shape index (κ2) is 42.6. The van der Waals surface area contributed by atoms with Crippen LogP contribution >= 0.6 is 7.82 Å². The molecule has 0 saturated carbocycles. The fraction of sp³-hybridized carbons (Fsp3) is 0.769. The molecular weight excluding hydrogens is 796 g/mol. The number of phosphoric acid groups is 1. The number of allylic oxidation sites excluding steroid dienone is 9. The number of hydrogen-bond donors (Lipinski definition) is 1. The lowest BCUT2D eigenvalue weighted by molar-refractivity contribution is -0.870. The summed E-state index contributed by atoms with van der Waals surface area (Å²) in [5, 5.41) is 2.99. The van der Waals surface area contributed by atoms with Crippen LogP contribution in [0.15, 0.2) is 60.8 Å². The van der Waals surface area contributed by atoms with Crippen molar-refractivity contribution in [3.8, 4) is 0 Å². The number of hydrogen-bond acceptors (Lipinski definition) is 7. The Kier molecular flexibility index (Phi) is 41.1. The molecule has 0 rings (SSSR count). The van der Waals surface area contributed by atoms with E-state index in [4.69, 9.17) is 13.8 Å². The topological polar surface area (TPSA) is 114 Å². The molecule has 1 amide bonds. The first kappa shape index (κ1) is 59.7. The van der Waals surface area contributed by atoms with Gasteiger partial charge in [0.25, 0.3) is 7.82 Å². The summed E-state index contributed by atoms with van der Waals surface area (Å²) in [6, 6.07) is -0.898. The maximum atomic E-state index is 13.4. The number of esters is 1. The average molecular weight is 891 g/mol. The molecule has 0 aliphatic rings. The van der Waals surface area contributed by atoms with Gasteiger partial charge in [-0.15, -0.1) is 0 Å². The van der Waals surface area contributed by atoms with Crippen LogP contribution in [0.1, 0.15) is 207 Å². The minimum atomic E-state index is -4.69. The number of unbranched alkanes of at least 4 members (excludes halogenated alkanes) is 22. The first-order valence-electron chi connectivity index (χ1n) is 25.1. The third kappa shape index (κ3) is 43.0. The number of amides is 1. The van der Waals surface area contributed by atoms with E-state index in [0.717, 1.165) is 103 Å². The van der Waals surface area contributed by atoms with Gasteiger partial charge in [0, 0.05) is 12.8 Å². The van der Waals surface area contributed by atoms with Gasteiger partial charge in [0.15, 0.2) is 0 Å². The van der Waals surface area contributed by atoms with E-state index in [0.29, 0.717) is 23.9 Å². The first-order valence-corrected chi connectivity index (χ1v) is 26.6. The van der Waals surface area contributed by atoms with E-state index >= 15 is 0 Å². The summed E-state index contributed by atoms with van der Waals surface area (Å²) in [6.07, 6.45) is 50.4. The molecule has 1 N–H and O–H groups in total. The quantitative estimate of drug-likeness (QED) is 0.0162. The highest BCUT2D eigenvalue weighted by Crippen LogP contribution is 2.38. The Morgan fingerprint density at radius 1 is 0.581 bits per heavy atom. The smallest absolute Gasteiger partial charge is 0.306 e. The second-order valence-electron chi connectivity index (χ2n) is 18.0. The molecule has 3 unspecified atom stereocenters. The van der Waals surface area contributed by atoms with Gasteiger partial charge >= 0.3 is 5.97 Å². The summed E-state index contributed by atoms with van der Waals surface area (Å²) in [4.78, 5) is 39.6. The maximum absolute atomic E-state index is 13.4. The van der Waals surface area contributed by atoms with Gasteiger partial charge in [-0.3, -0.25) is 14.2 Å². The molecule has 0 saturated heterocycles. The lowest BCUT2D eigenvalue weighted by Gasteiger charge is -2.30. The number of nitrogens with zero attached hydrogens (tertiary/aromatic N) is 1. The Hall–Kier alpha value is -2.29. The molecule has 0 aliphatic heterocycles. The van der Waals surface area contributed by atoms with Crippen LogP contribution in [0.2, 0.25) is 0 Å². The lowest BCUT2D eigenvalue weighted by Crippen LogP contribution is -2.47. The summed E-state index contributed by atoms with van der Waals surface area (Å²) in [5.74, 6) is -0.582. The van der Waals surface area contributed by atoms with E-state index < -0.39 is 26.6 Å². The van der Waals surface area contributed by atoms with E-state index in [1.807, 2.05) is 39.4 Å². The van der Waals surface area contributed by atoms with E-state index in [2.05, 4.69) is 68.6 Å². The molecule has 3 atom stereocenters. The Morgan fingerprint density at radius 3 is 1.63 bits per heavy atom. The van der Waals surface area contributed by atoms with Crippen molar-refractivity contribution in [1.29, 1.82) is 0 Å². The number of rotatable bonds is 44. The van der Waals surface area contributed by atoms with E-state index in [1.54, 1.807) is 0 Å². The SMILES string of the molecule is CC/C=C/C=C/C=C\CCCCCCCC(=O)OC(/C=C/CCCCCCCCCCCC)C(COP(=O)([O-])OCC[N+](C)(C)C)NC(=O)CCCCCCC/C=C\CCCC. The fourth-order valence-corrected chi connectivity index (χ4v) is 7.52. The molecule has 62 heavy (non-hydrogen) atoms. The highest BCUT2D eigenvalue weighted by atomic mass is 31.2. The van der Waals surface area contributed by atoms with Crippen molar-refractivity contribution in [2.75, 3.05) is 40.9 Å². The predicted octanol–water partition coefficient (Wildman–Crippen LogP) is 13.7. The van der Waals surface area contributed by atoms with Gasteiger partial charge < -0.3 is 28.5 Å². The lowest BCUT2D eigenvalue weighted by atomic mass is 10.0. The molecule has 0 heterocycles. The second-order valence-corrected chi connectivity index (χ2v) is 19.4. The van der Waals surface area contributed by atoms with Crippen molar-refractivity contribution in [2.24, 2.45) is 0 Å². The minimum Gasteiger partial charge on any atom is -0.756 e. The number of ether oxygens (including phenoxy) is 1. The maximum Gasteiger partial charge on any atom is 0.306 e. The third-order valence-corrected chi connectivity index (χ3v) is 11.7. The van der Waals surface area contributed by atoms with Gasteiger partial charge in [0.1, 0.15) is 19.3 Å². The van der Waals surface area contributed by atoms with Crippen molar-refractivity contribution in [3.05, 3.63) is 60.8 Å². The van der Waals surface area contributed by atoms with Crippen LogP contribution in [0.25, 0.3) is 0 Å². The van der Waals surface area contributed by atoms with Crippen LogP contribution in [0.3, 0.4) is 0 Å². The van der Waals surface area contributed by atoms with Gasteiger partial charge in [-0.1, -0.05) is 185 Å². The summed E-state index contributed by atoms with van der Waals surface area (Å²) in [5.41, 5.74) is 0. The molecule has 0 aromatic heterocycles. The Labute approximate surface area is 381 Å². The van der Waals surface area contributed by atoms with Gasteiger partial charge in [-0.2, -0.15) is 0 Å². The first-order chi connectivity index (χ1) is 29.9. The highest BCUT2D eigenvalue weighted by molar-refractivity contribution is 7.45. The normalized spacial score (nSPS) is 14.5. The van der Waals surface area contributed by atoms with Crippen molar-refractivity contribution >= 4 is 19.7 Å². The zero-order chi connectivity index (χ0) is 45.8. The summed E-state index contributed by atoms with van der Waals surface area (Å²) in [7, 11) is 1.16. The van der Waals surface area contributed by atoms with Gasteiger partial charge in [0.05, 0.1) is 33.8 Å². The van der Waals surface area contributed by atoms with E-state index in [1.165, 1.54) is 64.2 Å². The molecule has 10 heteroatoms. The molecule has 360 valence electrons. The van der Waals surface area contributed by atoms with Crippen LogP contribution in [0.5, 0.6) is 0 Å². The Morgan fingerprint density at radius 2 is 1.06 bits per heavy atom. The number of nitrogens with one attached hydrogen (secondary N) is 1. The molecule has 0 aromatic carbocycles. The molecule has 9 nitrogen and oxygen atoms in total. The molecule has 0 radical (unpaired) electrons. The van der Waals surface area contributed by atoms with Crippen LogP contribution in [-0.2, 0) is 27.9 Å². The Balaban J connectivity index is 5.51. The van der Waals surface area contributed by atoms with Crippen LogP contribution < -0.4 is 10.2 Å². The highest BCUT2D eigenvalue weighted by Gasteiger charge is 2.27. The summed E-state index contributed by atoms with van der Waals surface area (Å²) >= 11 is 0. The van der Waals surface area contributed by atoms with Gasteiger partial charge in [-0.25, -0.2) is 0 Å². The molecule has 0 fully saturated rings. The molecule has 0 aliphatic carbocycles. The third-order valence-electron chi connectivity index (χ3n) is 10.7. The van der Waals surface area contributed by atoms with Gasteiger partial charge in [0.2, 0.25) is 5.91 Å². The van der Waals surface area contributed by atoms with Crippen LogP contribution in [0, 0.1) is 0 Å². The molecular formula is C52H95N2O7P. The van der Waals surface area contributed by atoms with E-state index in [9.17, 15) is 19.0 Å². The average Bonchev–Trinajstić information content (AvgIpc) is 3.22. The largest absolute Gasteiger partial charge is 0.756 e. The van der Waals surface area contributed by atoms with Crippen molar-refractivity contribution in [3.63, 3.8) is 0 Å². The predicted molar refractivity (Wildman–Crippen MR) is 261 cm³/mol. The number of quaternary nitrogens is 1. The molecule has 0 bridgehead atoms. The van der Waals surface area contributed by atoms with Crippen LogP contribution in [0.4, 0.5) is 0 Å². The molecule has 0 spiro atoms. The fourth-order valence-electron chi connectivity index (χ4n) is 6.79. The van der Waals surface area contributed by atoms with Crippen molar-refractivity contribution in [2.45, 2.75) is 219 Å². The number of carbonyl (C=O) groups excluding carboxylic acids is 2. The van der Waals surface area contributed by atoms with E-state index in [-0.39, 0.29) is 24.9 Å². The summed E-state index contributed by atoms with van der Waals surface area (Å²) in [6.45, 7) is 6.62. The zero-order valence-corrected chi connectivity index (χ0v) is 41.7. The van der Waals surface area contributed by atoms with Gasteiger partial charge in [-0.05, 0) is 70.3 Å². The number of likely N-dealkylation sites (N-methyl/N-ethyl adjacent to an activating group) is 1. The number of carbonyl (C=O) groups is 2. The monoisotopic (exact) mass is 891 g/mol. The van der Waals surface area contributed by atoms with Crippen molar-refractivity contribution in [1.82, 2.24) is 5.32 Å². The summed E-state index contributed by atoms with van der Waals surface area (Å²) < 4.78 is 30.0. The molecule has 0 aromatic rings. The van der Waals surface area contributed by atoms with Crippen molar-refractivity contribution < 1.29 is 37.3 Å². The standard InChI is InChI=1S/C52H95N2O7P/c1-7-10-13-16-19-22-25-27-30-33-36-39-42-45-52(56)61-50(43-40-37-34-31-29-26-23-20-17-14-11-8-2)49(48-60-62(57,58)59-47-46-54(4,5)6)53-51(55)44-41-38-35-32-28-24-21-18-15-12-9-3/h10,13,16,18-19,21-22,25,40,43,49-50H,7-9,11-12,14-15,17,20,23-24,26-39,41-42,44-48H2,1-6H3,(H-,53,55,57,58)/b13-10+,19-16+,21-18-,25-22-,43-40+. The minimum absolute atomic E-state index is 0.0292. The van der Waals surface area contributed by atoms with Crippen LogP contribution in [-0.4, -0.2) is 69.4 Å². The Bertz CT molecular complexity index is 1260. The number of phosphoric ester groups is 1.